The molecule has 0 saturated carbocycles. The van der Waals surface area contributed by atoms with Crippen LogP contribution < -0.4 is 15.8 Å². The third-order valence-electron chi connectivity index (χ3n) is 3.36. The van der Waals surface area contributed by atoms with Gasteiger partial charge in [-0.2, -0.15) is 0 Å². The lowest BCUT2D eigenvalue weighted by molar-refractivity contribution is -0.121. The van der Waals surface area contributed by atoms with Gasteiger partial charge in [-0.3, -0.25) is 4.79 Å². The highest BCUT2D eigenvalue weighted by Gasteiger charge is 2.03. The maximum atomic E-state index is 11.6. The molecular formula is C17H28N2O2. The Morgan fingerprint density at radius 2 is 1.86 bits per heavy atom. The van der Waals surface area contributed by atoms with Crippen LogP contribution in [-0.2, 0) is 4.79 Å². The molecule has 0 radical (unpaired) electrons. The van der Waals surface area contributed by atoms with Gasteiger partial charge in [-0.15, -0.1) is 0 Å². The van der Waals surface area contributed by atoms with Gasteiger partial charge in [-0.25, -0.2) is 0 Å². The minimum Gasteiger partial charge on any atom is -0.491 e. The zero-order valence-electron chi connectivity index (χ0n) is 13.1. The highest BCUT2D eigenvalue weighted by atomic mass is 16.5. The molecule has 0 aliphatic heterocycles. The highest BCUT2D eigenvalue weighted by molar-refractivity contribution is 5.75. The maximum absolute atomic E-state index is 11.6. The zero-order valence-corrected chi connectivity index (χ0v) is 13.1. The van der Waals surface area contributed by atoms with Crippen molar-refractivity contribution in [3.8, 4) is 5.75 Å². The van der Waals surface area contributed by atoms with Crippen molar-refractivity contribution in [2.75, 3.05) is 18.9 Å². The van der Waals surface area contributed by atoms with E-state index in [0.29, 0.717) is 24.5 Å². The average molecular weight is 292 g/mol. The summed E-state index contributed by atoms with van der Waals surface area (Å²) in [6.07, 6.45) is 7.76. The summed E-state index contributed by atoms with van der Waals surface area (Å²) in [5, 5.41) is 2.92. The third-order valence-corrected chi connectivity index (χ3v) is 3.36. The minimum atomic E-state index is 0.0399. The molecule has 4 heteroatoms. The van der Waals surface area contributed by atoms with Gasteiger partial charge in [0, 0.05) is 6.54 Å². The van der Waals surface area contributed by atoms with Crippen LogP contribution in [0, 0.1) is 0 Å². The lowest BCUT2D eigenvalue weighted by Crippen LogP contribution is -2.25. The number of hydrogen-bond acceptors (Lipinski definition) is 3. The molecule has 0 unspecified atom stereocenters. The van der Waals surface area contributed by atoms with Gasteiger partial charge in [0.25, 0.3) is 0 Å². The molecule has 4 nitrogen and oxygen atoms in total. The van der Waals surface area contributed by atoms with Crippen molar-refractivity contribution < 1.29 is 9.53 Å². The summed E-state index contributed by atoms with van der Waals surface area (Å²) in [5.74, 6) is 0.680. The fourth-order valence-corrected chi connectivity index (χ4v) is 2.09. The molecule has 1 aromatic carbocycles. The second kappa shape index (κ2) is 11.0. The number of unbranched alkanes of at least 4 members (excludes halogenated alkanes) is 5. The first-order chi connectivity index (χ1) is 10.2. The van der Waals surface area contributed by atoms with Crippen LogP contribution in [0.2, 0.25) is 0 Å². The fraction of sp³-hybridized carbons (Fsp3) is 0.588. The molecule has 1 aromatic rings. The minimum absolute atomic E-state index is 0.0399. The van der Waals surface area contributed by atoms with Crippen LogP contribution in [0.5, 0.6) is 5.75 Å². The van der Waals surface area contributed by atoms with E-state index in [1.54, 1.807) is 6.07 Å². The van der Waals surface area contributed by atoms with E-state index >= 15 is 0 Å². The fourth-order valence-electron chi connectivity index (χ4n) is 2.09. The summed E-state index contributed by atoms with van der Waals surface area (Å²) in [4.78, 5) is 11.6. The Bertz CT molecular complexity index is 408. The Morgan fingerprint density at radius 3 is 2.62 bits per heavy atom. The summed E-state index contributed by atoms with van der Waals surface area (Å²) in [6, 6.07) is 7.32. The van der Waals surface area contributed by atoms with Crippen LogP contribution in [0.4, 0.5) is 5.69 Å². The molecule has 0 atom stereocenters. The molecule has 3 N–H and O–H groups in total. The summed E-state index contributed by atoms with van der Waals surface area (Å²) in [6.45, 7) is 3.33. The molecule has 0 aliphatic rings. The van der Waals surface area contributed by atoms with E-state index in [9.17, 15) is 4.79 Å². The molecule has 118 valence electrons. The second-order valence-corrected chi connectivity index (χ2v) is 5.25. The number of anilines is 1. The van der Waals surface area contributed by atoms with Gasteiger partial charge < -0.3 is 15.8 Å². The van der Waals surface area contributed by atoms with Gasteiger partial charge >= 0.3 is 0 Å². The first-order valence-electron chi connectivity index (χ1n) is 7.98. The van der Waals surface area contributed by atoms with E-state index in [2.05, 4.69) is 12.2 Å². The van der Waals surface area contributed by atoms with Crippen LogP contribution in [0.1, 0.15) is 51.9 Å². The Balaban J connectivity index is 2.00. The summed E-state index contributed by atoms with van der Waals surface area (Å²) in [5.41, 5.74) is 6.36. The Hall–Kier alpha value is -1.71. The Labute approximate surface area is 128 Å². The van der Waals surface area contributed by atoms with Crippen LogP contribution >= 0.6 is 0 Å². The van der Waals surface area contributed by atoms with Crippen LogP contribution in [-0.4, -0.2) is 19.1 Å². The third kappa shape index (κ3) is 8.23. The van der Waals surface area contributed by atoms with Crippen molar-refractivity contribution in [1.29, 1.82) is 0 Å². The number of benzene rings is 1. The van der Waals surface area contributed by atoms with Gasteiger partial charge in [0.2, 0.25) is 5.91 Å². The van der Waals surface area contributed by atoms with Crippen molar-refractivity contribution >= 4 is 11.6 Å². The number of ether oxygens (including phenoxy) is 1. The van der Waals surface area contributed by atoms with Crippen LogP contribution in [0.25, 0.3) is 0 Å². The van der Waals surface area contributed by atoms with Crippen LogP contribution in [0.15, 0.2) is 24.3 Å². The number of nitrogens with one attached hydrogen (secondary N) is 1. The summed E-state index contributed by atoms with van der Waals surface area (Å²) >= 11 is 0. The van der Waals surface area contributed by atoms with Gasteiger partial charge in [-0.1, -0.05) is 51.2 Å². The SMILES string of the molecule is CCCCCCCCNC(=O)CCOc1ccccc1N. The molecule has 0 aromatic heterocycles. The molecule has 1 amide bonds. The number of rotatable bonds is 11. The van der Waals surface area contributed by atoms with Crippen molar-refractivity contribution in [3.63, 3.8) is 0 Å². The number of hydrogen-bond donors (Lipinski definition) is 2. The molecule has 1 rings (SSSR count). The first kappa shape index (κ1) is 17.3. The predicted octanol–water partition coefficient (Wildman–Crippen LogP) is 3.51. The predicted molar refractivity (Wildman–Crippen MR) is 87.4 cm³/mol. The number of carbonyl (C=O) groups excluding carboxylic acids is 1. The first-order valence-corrected chi connectivity index (χ1v) is 7.98. The second-order valence-electron chi connectivity index (χ2n) is 5.25. The van der Waals surface area contributed by atoms with Crippen molar-refractivity contribution in [2.45, 2.75) is 51.9 Å². The molecule has 0 fully saturated rings. The van der Waals surface area contributed by atoms with Gasteiger partial charge in [0.15, 0.2) is 0 Å². The number of carbonyl (C=O) groups is 1. The van der Waals surface area contributed by atoms with Crippen LogP contribution in [0.3, 0.4) is 0 Å². The number of nitrogen functional groups attached to an aromatic ring is 1. The summed E-state index contributed by atoms with van der Waals surface area (Å²) in [7, 11) is 0. The van der Waals surface area contributed by atoms with Gasteiger partial charge in [0.1, 0.15) is 5.75 Å². The smallest absolute Gasteiger partial charge is 0.223 e. The maximum Gasteiger partial charge on any atom is 0.223 e. The van der Waals surface area contributed by atoms with E-state index in [4.69, 9.17) is 10.5 Å². The van der Waals surface area contributed by atoms with E-state index in [1.165, 1.54) is 32.1 Å². The standard InChI is InChI=1S/C17H28N2O2/c1-2-3-4-5-6-9-13-19-17(20)12-14-21-16-11-8-7-10-15(16)18/h7-8,10-11H,2-6,9,12-14,18H2,1H3,(H,19,20). The Morgan fingerprint density at radius 1 is 1.14 bits per heavy atom. The summed E-state index contributed by atoms with van der Waals surface area (Å²) < 4.78 is 5.49. The largest absolute Gasteiger partial charge is 0.491 e. The van der Waals surface area contributed by atoms with E-state index in [0.717, 1.165) is 13.0 Å². The average Bonchev–Trinajstić information content (AvgIpc) is 2.48. The molecule has 0 aliphatic carbocycles. The van der Waals surface area contributed by atoms with E-state index in [1.807, 2.05) is 18.2 Å². The number of nitrogens with two attached hydrogens (primary N) is 1. The normalized spacial score (nSPS) is 10.3. The molecule has 0 saturated heterocycles. The molecule has 0 spiro atoms. The zero-order chi connectivity index (χ0) is 15.3. The van der Waals surface area contributed by atoms with Gasteiger partial charge in [0.05, 0.1) is 18.7 Å². The van der Waals surface area contributed by atoms with Crippen molar-refractivity contribution in [2.24, 2.45) is 0 Å². The lowest BCUT2D eigenvalue weighted by atomic mass is 10.1. The highest BCUT2D eigenvalue weighted by Crippen LogP contribution is 2.19. The molecular weight excluding hydrogens is 264 g/mol. The monoisotopic (exact) mass is 292 g/mol. The topological polar surface area (TPSA) is 64.3 Å². The number of para-hydroxylation sites is 2. The van der Waals surface area contributed by atoms with Crippen molar-refractivity contribution in [1.82, 2.24) is 5.32 Å². The molecule has 21 heavy (non-hydrogen) atoms. The molecule has 0 heterocycles. The number of amides is 1. The Kier molecular flexibility index (Phi) is 9.09. The van der Waals surface area contributed by atoms with Crippen molar-refractivity contribution in [3.05, 3.63) is 24.3 Å². The van der Waals surface area contributed by atoms with Gasteiger partial charge in [-0.05, 0) is 18.6 Å². The molecule has 0 bridgehead atoms. The van der Waals surface area contributed by atoms with E-state index < -0.39 is 0 Å². The van der Waals surface area contributed by atoms with E-state index in [-0.39, 0.29) is 5.91 Å². The quantitative estimate of drug-likeness (QED) is 0.484. The lowest BCUT2D eigenvalue weighted by Gasteiger charge is -2.09.